The minimum atomic E-state index is -1.04. The second-order valence-electron chi connectivity index (χ2n) is 10.3. The fourth-order valence-electron chi connectivity index (χ4n) is 5.30. The van der Waals surface area contributed by atoms with Gasteiger partial charge >= 0.3 is 12.1 Å². The average molecular weight is 552 g/mol. The van der Waals surface area contributed by atoms with Gasteiger partial charge in [0, 0.05) is 30.9 Å². The summed E-state index contributed by atoms with van der Waals surface area (Å²) >= 11 is 0. The van der Waals surface area contributed by atoms with Crippen molar-refractivity contribution in [2.24, 2.45) is 0 Å². The molecule has 4 heterocycles. The average Bonchev–Trinajstić information content (AvgIpc) is 3.48. The van der Waals surface area contributed by atoms with Crippen LogP contribution < -0.4 is 0 Å². The Morgan fingerprint density at radius 3 is 2.65 bits per heavy atom. The van der Waals surface area contributed by atoms with Crippen molar-refractivity contribution in [2.45, 2.75) is 37.7 Å². The zero-order valence-corrected chi connectivity index (χ0v) is 21.9. The van der Waals surface area contributed by atoms with E-state index in [2.05, 4.69) is 15.0 Å². The van der Waals surface area contributed by atoms with Crippen LogP contribution >= 0.6 is 0 Å². The zero-order chi connectivity index (χ0) is 28.2. The lowest BCUT2D eigenvalue weighted by Gasteiger charge is -2.32. The lowest BCUT2D eigenvalue weighted by molar-refractivity contribution is -0.140. The summed E-state index contributed by atoms with van der Waals surface area (Å²) in [6.07, 6.45) is 3.54. The summed E-state index contributed by atoms with van der Waals surface area (Å²) in [5, 5.41) is 9.55. The molecule has 6 rings (SSSR count). The number of methoxy groups -OCH3 is 1. The fraction of sp³-hybridized carbons (Fsp3) is 0.357. The number of aryl methyl sites for hydroxylation is 1. The molecule has 2 aliphatic rings. The van der Waals surface area contributed by atoms with Crippen LogP contribution in [0.2, 0.25) is 0 Å². The van der Waals surface area contributed by atoms with Gasteiger partial charge in [-0.2, -0.15) is 0 Å². The molecule has 12 heteroatoms. The molecule has 2 N–H and O–H groups in total. The molecule has 1 aliphatic heterocycles. The van der Waals surface area contributed by atoms with Crippen molar-refractivity contribution in [3.63, 3.8) is 0 Å². The Bertz CT molecular complexity index is 1620. The highest BCUT2D eigenvalue weighted by molar-refractivity contribution is 5.84. The number of amides is 1. The van der Waals surface area contributed by atoms with Gasteiger partial charge in [-0.1, -0.05) is 0 Å². The number of rotatable bonds is 6. The second kappa shape index (κ2) is 9.70. The summed E-state index contributed by atoms with van der Waals surface area (Å²) in [5.41, 5.74) is 1.28. The van der Waals surface area contributed by atoms with Crippen molar-refractivity contribution in [1.29, 1.82) is 0 Å². The van der Waals surface area contributed by atoms with Crippen LogP contribution in [0.4, 0.5) is 13.6 Å². The van der Waals surface area contributed by atoms with Gasteiger partial charge in [-0.15, -0.1) is 0 Å². The highest BCUT2D eigenvalue weighted by Gasteiger charge is 2.53. The van der Waals surface area contributed by atoms with Crippen LogP contribution in [0.1, 0.15) is 29.8 Å². The maximum atomic E-state index is 15.7. The number of imidazole rings is 2. The Morgan fingerprint density at radius 2 is 1.98 bits per heavy atom. The molecule has 10 nitrogen and oxygen atoms in total. The van der Waals surface area contributed by atoms with E-state index in [9.17, 15) is 14.7 Å². The Morgan fingerprint density at radius 1 is 1.23 bits per heavy atom. The fourth-order valence-corrected chi connectivity index (χ4v) is 5.30. The molecule has 0 spiro atoms. The first-order valence-corrected chi connectivity index (χ1v) is 12.9. The standard InChI is InChI=1S/C28H27F2N5O5/c1-15-3-6-35-20(12-17-14-34(7-8-40-17)27(38)39-2)24(33-22(35)9-15)23-18(29)10-16(11-19(23)30)25-31-13-21(32-25)28(4-5-28)26(36)37/h3,6,9-11,13,17H,4-5,7-8,12,14H2,1-2H3,(H,31,32)(H,36,37). The summed E-state index contributed by atoms with van der Waals surface area (Å²) < 4.78 is 43.9. The van der Waals surface area contributed by atoms with Gasteiger partial charge in [-0.05, 0) is 49.6 Å². The highest BCUT2D eigenvalue weighted by atomic mass is 19.1. The maximum Gasteiger partial charge on any atom is 0.409 e. The van der Waals surface area contributed by atoms with Crippen LogP contribution in [0.15, 0.2) is 36.7 Å². The SMILES string of the molecule is COC(=O)N1CCOC(Cc2c(-c3c(F)cc(-c4nc(C5(C(=O)O)CC5)c[nH]4)cc3F)nc3cc(C)ccn23)C1. The number of benzene rings is 1. The zero-order valence-electron chi connectivity index (χ0n) is 21.9. The van der Waals surface area contributed by atoms with Gasteiger partial charge in [-0.3, -0.25) is 4.79 Å². The van der Waals surface area contributed by atoms with Crippen LogP contribution in [0.5, 0.6) is 0 Å². The Hall–Kier alpha value is -4.32. The van der Waals surface area contributed by atoms with Crippen LogP contribution in [0.3, 0.4) is 0 Å². The summed E-state index contributed by atoms with van der Waals surface area (Å²) in [6, 6.07) is 6.02. The number of fused-ring (bicyclic) bond motifs is 1. The summed E-state index contributed by atoms with van der Waals surface area (Å²) in [4.78, 5) is 37.1. The molecule has 1 amide bonds. The van der Waals surface area contributed by atoms with Crippen molar-refractivity contribution in [3.8, 4) is 22.6 Å². The molecule has 0 radical (unpaired) electrons. The van der Waals surface area contributed by atoms with Gasteiger partial charge in [0.25, 0.3) is 0 Å². The third kappa shape index (κ3) is 4.37. The topological polar surface area (TPSA) is 122 Å². The number of carboxylic acids is 1. The van der Waals surface area contributed by atoms with Crippen molar-refractivity contribution in [1.82, 2.24) is 24.3 Å². The third-order valence-corrected chi connectivity index (χ3v) is 7.65. The molecule has 40 heavy (non-hydrogen) atoms. The van der Waals surface area contributed by atoms with Crippen LogP contribution in [0.25, 0.3) is 28.3 Å². The predicted molar refractivity (Wildman–Crippen MR) is 139 cm³/mol. The summed E-state index contributed by atoms with van der Waals surface area (Å²) in [6.45, 7) is 2.84. The molecule has 1 unspecified atom stereocenters. The van der Waals surface area contributed by atoms with E-state index in [4.69, 9.17) is 9.47 Å². The Kier molecular flexibility index (Phi) is 6.29. The van der Waals surface area contributed by atoms with Crippen LogP contribution in [-0.2, 0) is 26.1 Å². The number of aliphatic carboxylic acids is 1. The number of aromatic amines is 1. The van der Waals surface area contributed by atoms with Gasteiger partial charge in [-0.25, -0.2) is 23.5 Å². The largest absolute Gasteiger partial charge is 0.481 e. The van der Waals surface area contributed by atoms with Crippen molar-refractivity contribution >= 4 is 17.7 Å². The molecule has 1 aliphatic carbocycles. The van der Waals surface area contributed by atoms with E-state index in [1.54, 1.807) is 10.6 Å². The quantitative estimate of drug-likeness (QED) is 0.370. The minimum Gasteiger partial charge on any atom is -0.481 e. The lowest BCUT2D eigenvalue weighted by Crippen LogP contribution is -2.46. The van der Waals surface area contributed by atoms with Gasteiger partial charge in [0.2, 0.25) is 0 Å². The van der Waals surface area contributed by atoms with E-state index < -0.39 is 35.2 Å². The van der Waals surface area contributed by atoms with Crippen LogP contribution in [0, 0.1) is 18.6 Å². The normalized spacial score (nSPS) is 18.2. The smallest absolute Gasteiger partial charge is 0.409 e. The third-order valence-electron chi connectivity index (χ3n) is 7.65. The van der Waals surface area contributed by atoms with Gasteiger partial charge in [0.05, 0.1) is 49.0 Å². The number of halogens is 2. The number of morpholine rings is 1. The number of hydrogen-bond acceptors (Lipinski definition) is 6. The number of aromatic nitrogens is 4. The molecule has 0 bridgehead atoms. The molecule has 1 aromatic carbocycles. The van der Waals surface area contributed by atoms with Crippen LogP contribution in [-0.4, -0.2) is 74.3 Å². The first-order valence-electron chi connectivity index (χ1n) is 12.9. The molecule has 4 aromatic rings. The molecular weight excluding hydrogens is 524 g/mol. The van der Waals surface area contributed by atoms with E-state index in [1.807, 2.05) is 19.1 Å². The maximum absolute atomic E-state index is 15.7. The van der Waals surface area contributed by atoms with Gasteiger partial charge < -0.3 is 28.9 Å². The van der Waals surface area contributed by atoms with Gasteiger partial charge in [0.1, 0.15) is 28.5 Å². The highest BCUT2D eigenvalue weighted by Crippen LogP contribution is 2.48. The van der Waals surface area contributed by atoms with Crippen molar-refractivity contribution in [2.75, 3.05) is 26.8 Å². The summed E-state index contributed by atoms with van der Waals surface area (Å²) in [5.74, 6) is -2.47. The molecule has 208 valence electrons. The Balaban J connectivity index is 1.38. The summed E-state index contributed by atoms with van der Waals surface area (Å²) in [7, 11) is 1.31. The second-order valence-corrected chi connectivity index (χ2v) is 10.3. The van der Waals surface area contributed by atoms with Crippen molar-refractivity contribution in [3.05, 3.63) is 65.2 Å². The first kappa shape index (κ1) is 25.9. The predicted octanol–water partition coefficient (Wildman–Crippen LogP) is 4.10. The van der Waals surface area contributed by atoms with E-state index >= 15 is 8.78 Å². The number of ether oxygens (including phenoxy) is 2. The number of H-pyrrole nitrogens is 1. The first-order chi connectivity index (χ1) is 19.2. The van der Waals surface area contributed by atoms with Crippen molar-refractivity contribution < 1.29 is 33.0 Å². The molecule has 1 saturated carbocycles. The molecule has 3 aromatic heterocycles. The molecule has 2 fully saturated rings. The number of pyridine rings is 1. The van der Waals surface area contributed by atoms with E-state index in [-0.39, 0.29) is 35.6 Å². The van der Waals surface area contributed by atoms with E-state index in [0.717, 1.165) is 17.7 Å². The number of carbonyl (C=O) groups excluding carboxylic acids is 1. The van der Waals surface area contributed by atoms with E-state index in [0.29, 0.717) is 43.0 Å². The number of carbonyl (C=O) groups is 2. The molecule has 1 saturated heterocycles. The Labute approximate surface area is 227 Å². The van der Waals surface area contributed by atoms with E-state index in [1.165, 1.54) is 18.2 Å². The molecule has 1 atom stereocenters. The lowest BCUT2D eigenvalue weighted by atomic mass is 10.0. The monoisotopic (exact) mass is 551 g/mol. The number of carboxylic acid groups (broad SMARTS) is 1. The number of nitrogens with zero attached hydrogens (tertiary/aromatic N) is 4. The number of nitrogens with one attached hydrogen (secondary N) is 1. The van der Waals surface area contributed by atoms with Gasteiger partial charge in [0.15, 0.2) is 0 Å². The minimum absolute atomic E-state index is 0.133. The molecular formula is C28H27F2N5O5. The number of hydrogen-bond donors (Lipinski definition) is 2.